The molecule has 1 aliphatic heterocycles. The molecule has 2 aromatic rings. The van der Waals surface area contributed by atoms with Crippen LogP contribution in [0.15, 0.2) is 39.6 Å². The molecular weight excluding hydrogens is 456 g/mol. The summed E-state index contributed by atoms with van der Waals surface area (Å²) < 4.78 is 25.4. The van der Waals surface area contributed by atoms with Crippen molar-refractivity contribution in [2.24, 2.45) is 5.92 Å². The van der Waals surface area contributed by atoms with Crippen LogP contribution < -0.4 is 5.32 Å². The molecule has 1 aromatic carbocycles. The molecule has 1 N–H and O–H groups in total. The van der Waals surface area contributed by atoms with Crippen molar-refractivity contribution in [3.05, 3.63) is 40.6 Å². The number of hydrogen-bond acceptors (Lipinski definition) is 8. The van der Waals surface area contributed by atoms with Gasteiger partial charge in [-0.2, -0.15) is 0 Å². The van der Waals surface area contributed by atoms with Crippen LogP contribution >= 0.6 is 11.3 Å². The number of amides is 2. The lowest BCUT2D eigenvalue weighted by Crippen LogP contribution is -2.38. The van der Waals surface area contributed by atoms with Crippen molar-refractivity contribution in [2.45, 2.75) is 53.7 Å². The van der Waals surface area contributed by atoms with E-state index in [-0.39, 0.29) is 44.2 Å². The Morgan fingerprint density at radius 1 is 1.19 bits per heavy atom. The van der Waals surface area contributed by atoms with Crippen LogP contribution in [0.2, 0.25) is 0 Å². The molecule has 0 bridgehead atoms. The highest BCUT2D eigenvalue weighted by Crippen LogP contribution is 2.32. The van der Waals surface area contributed by atoms with Crippen molar-refractivity contribution in [3.8, 4) is 0 Å². The van der Waals surface area contributed by atoms with Crippen molar-refractivity contribution in [1.82, 2.24) is 9.88 Å². The van der Waals surface area contributed by atoms with Gasteiger partial charge in [0.15, 0.2) is 5.13 Å². The fourth-order valence-corrected chi connectivity index (χ4v) is 6.60. The third-order valence-corrected chi connectivity index (χ3v) is 9.03. The van der Waals surface area contributed by atoms with Crippen molar-refractivity contribution >= 4 is 43.8 Å². The Labute approximate surface area is 188 Å². The number of anilines is 1. The Bertz CT molecular complexity index is 1140. The van der Waals surface area contributed by atoms with Gasteiger partial charge in [-0.05, 0) is 25.0 Å². The van der Waals surface area contributed by atoms with Crippen molar-refractivity contribution in [2.75, 3.05) is 11.9 Å². The van der Waals surface area contributed by atoms with E-state index in [4.69, 9.17) is 0 Å². The van der Waals surface area contributed by atoms with Gasteiger partial charge in [-0.1, -0.05) is 30.6 Å². The summed E-state index contributed by atoms with van der Waals surface area (Å²) in [6.45, 7) is 0.370. The van der Waals surface area contributed by atoms with Gasteiger partial charge in [-0.25, -0.2) is 13.4 Å². The minimum absolute atomic E-state index is 0.0161. The van der Waals surface area contributed by atoms with E-state index in [0.717, 1.165) is 67.5 Å². The number of nitrogens with zero attached hydrogens (tertiary/aromatic N) is 3. The van der Waals surface area contributed by atoms with Gasteiger partial charge in [0.05, 0.1) is 21.9 Å². The van der Waals surface area contributed by atoms with Crippen LogP contribution in [0.3, 0.4) is 0 Å². The van der Waals surface area contributed by atoms with Crippen molar-refractivity contribution in [1.29, 1.82) is 0 Å². The number of rotatable bonds is 6. The number of likely N-dealkylation sites (tertiary alicyclic amines) is 1. The molecule has 1 saturated heterocycles. The quantitative estimate of drug-likeness (QED) is 0.497. The van der Waals surface area contributed by atoms with Crippen LogP contribution in [0.4, 0.5) is 10.8 Å². The van der Waals surface area contributed by atoms with Crippen LogP contribution in [-0.4, -0.2) is 47.6 Å². The first-order valence-electron chi connectivity index (χ1n) is 10.3. The molecule has 1 saturated carbocycles. The number of sulfone groups is 1. The highest BCUT2D eigenvalue weighted by atomic mass is 32.2. The molecule has 12 heteroatoms. The van der Waals surface area contributed by atoms with Crippen LogP contribution in [0, 0.1) is 16.0 Å². The molecule has 1 atom stereocenters. The van der Waals surface area contributed by atoms with Gasteiger partial charge < -0.3 is 10.2 Å². The van der Waals surface area contributed by atoms with Gasteiger partial charge in [-0.15, -0.1) is 0 Å². The maximum atomic E-state index is 12.8. The molecular formula is C20H22N4O6S2. The van der Waals surface area contributed by atoms with E-state index in [9.17, 15) is 28.1 Å². The van der Waals surface area contributed by atoms with Gasteiger partial charge in [0, 0.05) is 31.1 Å². The van der Waals surface area contributed by atoms with E-state index in [1.165, 1.54) is 6.42 Å². The second-order valence-corrected chi connectivity index (χ2v) is 11.2. The molecule has 1 aromatic heterocycles. The summed E-state index contributed by atoms with van der Waals surface area (Å²) in [7, 11) is -3.93. The second kappa shape index (κ2) is 8.94. The molecule has 4 rings (SSSR count). The lowest BCUT2D eigenvalue weighted by atomic mass is 9.94. The smallest absolute Gasteiger partial charge is 0.269 e. The minimum atomic E-state index is -3.93. The third kappa shape index (κ3) is 4.51. The summed E-state index contributed by atoms with van der Waals surface area (Å²) in [6.07, 6.45) is 6.59. The number of carbonyl (C=O) groups excluding carboxylic acids is 2. The van der Waals surface area contributed by atoms with Crippen molar-refractivity contribution in [3.63, 3.8) is 0 Å². The number of non-ortho nitro benzene ring substituents is 1. The van der Waals surface area contributed by atoms with Gasteiger partial charge >= 0.3 is 0 Å². The standard InChI is InChI=1S/C20H22N4O6S2/c25-17-10-13(12-23(17)14-4-2-1-3-5-14)19(26)22-20-21-11-18(31-20)32(29,30)16-8-6-15(7-9-16)24(27)28/h6-9,11,13-14H,1-5,10,12H2,(H,21,22,26). The first kappa shape index (κ1) is 22.3. The predicted octanol–water partition coefficient (Wildman–Crippen LogP) is 3.00. The fraction of sp³-hybridized carbons (Fsp3) is 0.450. The number of nitro groups is 1. The molecule has 2 aliphatic rings. The van der Waals surface area contributed by atoms with E-state index >= 15 is 0 Å². The third-order valence-electron chi connectivity index (χ3n) is 5.88. The number of nitrogens with one attached hydrogen (secondary N) is 1. The number of aromatic nitrogens is 1. The fourth-order valence-electron chi connectivity index (χ4n) is 4.16. The molecule has 1 aliphatic carbocycles. The zero-order valence-corrected chi connectivity index (χ0v) is 18.7. The number of carbonyl (C=O) groups is 2. The first-order valence-corrected chi connectivity index (χ1v) is 12.6. The highest BCUT2D eigenvalue weighted by molar-refractivity contribution is 7.93. The maximum Gasteiger partial charge on any atom is 0.269 e. The summed E-state index contributed by atoms with van der Waals surface area (Å²) in [6, 6.07) is 4.76. The summed E-state index contributed by atoms with van der Waals surface area (Å²) >= 11 is 0.799. The van der Waals surface area contributed by atoms with E-state index in [2.05, 4.69) is 10.3 Å². The molecule has 2 heterocycles. The van der Waals surface area contributed by atoms with Crippen molar-refractivity contribution < 1.29 is 22.9 Å². The highest BCUT2D eigenvalue weighted by Gasteiger charge is 2.38. The number of thiazole rings is 1. The zero-order valence-electron chi connectivity index (χ0n) is 17.1. The van der Waals surface area contributed by atoms with Gasteiger partial charge in [0.25, 0.3) is 5.69 Å². The van der Waals surface area contributed by atoms with Crippen LogP contribution in [0.1, 0.15) is 38.5 Å². The minimum Gasteiger partial charge on any atom is -0.339 e. The Kier molecular flexibility index (Phi) is 6.24. The largest absolute Gasteiger partial charge is 0.339 e. The SMILES string of the molecule is O=C(Nc1ncc(S(=O)(=O)c2ccc([N+](=O)[O-])cc2)s1)C1CC(=O)N(C2CCCCC2)C1. The lowest BCUT2D eigenvalue weighted by Gasteiger charge is -2.31. The Morgan fingerprint density at radius 3 is 2.53 bits per heavy atom. The van der Waals surface area contributed by atoms with Crippen LogP contribution in [0.25, 0.3) is 0 Å². The molecule has 170 valence electrons. The average molecular weight is 479 g/mol. The lowest BCUT2D eigenvalue weighted by molar-refractivity contribution is -0.384. The maximum absolute atomic E-state index is 12.8. The second-order valence-electron chi connectivity index (χ2n) is 7.97. The topological polar surface area (TPSA) is 140 Å². The summed E-state index contributed by atoms with van der Waals surface area (Å²) in [5, 5.41) is 13.5. The summed E-state index contributed by atoms with van der Waals surface area (Å²) in [5.41, 5.74) is -0.213. The molecule has 2 fully saturated rings. The van der Waals surface area contributed by atoms with E-state index in [0.29, 0.717) is 6.54 Å². The summed E-state index contributed by atoms with van der Waals surface area (Å²) in [5.74, 6) is -0.869. The predicted molar refractivity (Wildman–Crippen MR) is 116 cm³/mol. The van der Waals surface area contributed by atoms with Gasteiger partial charge in [0.1, 0.15) is 4.21 Å². The molecule has 1 unspecified atom stereocenters. The van der Waals surface area contributed by atoms with E-state index in [1.807, 2.05) is 4.90 Å². The van der Waals surface area contributed by atoms with Crippen LogP contribution in [0.5, 0.6) is 0 Å². The zero-order chi connectivity index (χ0) is 22.9. The molecule has 0 spiro atoms. The van der Waals surface area contributed by atoms with Gasteiger partial charge in [-0.3, -0.25) is 19.7 Å². The Morgan fingerprint density at radius 2 is 1.88 bits per heavy atom. The normalized spacial score (nSPS) is 19.8. The van der Waals surface area contributed by atoms with Crippen LogP contribution in [-0.2, 0) is 19.4 Å². The van der Waals surface area contributed by atoms with Gasteiger partial charge in [0.2, 0.25) is 21.7 Å². The first-order chi connectivity index (χ1) is 15.3. The number of hydrogen-bond donors (Lipinski definition) is 1. The Hall–Kier alpha value is -2.86. The monoisotopic (exact) mass is 478 g/mol. The number of benzene rings is 1. The molecule has 10 nitrogen and oxygen atoms in total. The van der Waals surface area contributed by atoms with E-state index < -0.39 is 20.7 Å². The molecule has 2 amide bonds. The molecule has 0 radical (unpaired) electrons. The average Bonchev–Trinajstić information content (AvgIpc) is 3.41. The number of nitro benzene ring substituents is 1. The summed E-state index contributed by atoms with van der Waals surface area (Å²) in [4.78, 5) is 40.9. The molecule has 32 heavy (non-hydrogen) atoms. The van der Waals surface area contributed by atoms with E-state index in [1.54, 1.807) is 0 Å². The Balaban J connectivity index is 1.42.